The van der Waals surface area contributed by atoms with E-state index in [1.807, 2.05) is 0 Å². The van der Waals surface area contributed by atoms with Gasteiger partial charge in [-0.2, -0.15) is 0 Å². The maximum atomic E-state index is 11.6. The molecule has 0 aromatic carbocycles. The number of rotatable bonds is 0. The molecule has 1 heteroatoms. The first kappa shape index (κ1) is 6.64. The Balaban J connectivity index is 2.05. The smallest absolute Gasteiger partial charge is 0.140 e. The van der Waals surface area contributed by atoms with Crippen molar-refractivity contribution in [1.82, 2.24) is 0 Å². The first-order valence-electron chi connectivity index (χ1n) is 4.74. The molecule has 0 heterocycles. The van der Waals surface area contributed by atoms with E-state index >= 15 is 0 Å². The SMILES string of the molecule is O=C1CC=CC2C3C=CC(C3)C12. The Bertz CT molecular complexity index is 287. The molecule has 0 N–H and O–H groups in total. The highest BCUT2D eigenvalue weighted by atomic mass is 16.1. The van der Waals surface area contributed by atoms with E-state index in [0.717, 1.165) is 0 Å². The standard InChI is InChI=1S/C11H12O/c12-10-3-1-2-9-7-4-5-8(6-7)11(9)10/h1-2,4-5,7-9,11H,3,6H2. The van der Waals surface area contributed by atoms with Crippen LogP contribution in [0.4, 0.5) is 0 Å². The zero-order valence-electron chi connectivity index (χ0n) is 6.94. The Kier molecular flexibility index (Phi) is 1.16. The number of hydrogen-bond acceptors (Lipinski definition) is 1. The summed E-state index contributed by atoms with van der Waals surface area (Å²) >= 11 is 0. The molecule has 3 aliphatic rings. The number of hydrogen-bond donors (Lipinski definition) is 0. The Morgan fingerprint density at radius 1 is 1.17 bits per heavy atom. The van der Waals surface area contributed by atoms with Gasteiger partial charge in [0.05, 0.1) is 0 Å². The van der Waals surface area contributed by atoms with Gasteiger partial charge in [-0.1, -0.05) is 24.3 Å². The molecular formula is C11H12O. The van der Waals surface area contributed by atoms with Gasteiger partial charge >= 0.3 is 0 Å². The van der Waals surface area contributed by atoms with Crippen molar-refractivity contribution in [2.75, 3.05) is 0 Å². The fraction of sp³-hybridized carbons (Fsp3) is 0.545. The van der Waals surface area contributed by atoms with Gasteiger partial charge in [-0.25, -0.2) is 0 Å². The van der Waals surface area contributed by atoms with Crippen molar-refractivity contribution < 1.29 is 4.79 Å². The summed E-state index contributed by atoms with van der Waals surface area (Å²) in [6.07, 6.45) is 10.8. The predicted molar refractivity (Wildman–Crippen MR) is 46.5 cm³/mol. The highest BCUT2D eigenvalue weighted by Crippen LogP contribution is 2.50. The van der Waals surface area contributed by atoms with Gasteiger partial charge in [0.2, 0.25) is 0 Å². The van der Waals surface area contributed by atoms with E-state index in [1.54, 1.807) is 0 Å². The van der Waals surface area contributed by atoms with Crippen molar-refractivity contribution in [3.05, 3.63) is 24.3 Å². The van der Waals surface area contributed by atoms with Crippen LogP contribution >= 0.6 is 0 Å². The molecule has 62 valence electrons. The van der Waals surface area contributed by atoms with Crippen LogP contribution in [-0.4, -0.2) is 5.78 Å². The second-order valence-corrected chi connectivity index (χ2v) is 4.15. The zero-order valence-corrected chi connectivity index (χ0v) is 6.94. The van der Waals surface area contributed by atoms with Gasteiger partial charge in [-0.05, 0) is 24.2 Å². The van der Waals surface area contributed by atoms with Crippen LogP contribution in [0.3, 0.4) is 0 Å². The molecule has 12 heavy (non-hydrogen) atoms. The summed E-state index contributed by atoms with van der Waals surface area (Å²) in [7, 11) is 0. The Morgan fingerprint density at radius 2 is 2.00 bits per heavy atom. The van der Waals surface area contributed by atoms with Crippen LogP contribution in [0.1, 0.15) is 12.8 Å². The molecule has 4 atom stereocenters. The fourth-order valence-electron chi connectivity index (χ4n) is 3.05. The van der Waals surface area contributed by atoms with Gasteiger partial charge in [0.15, 0.2) is 0 Å². The summed E-state index contributed by atoms with van der Waals surface area (Å²) in [6.45, 7) is 0. The molecule has 1 fully saturated rings. The maximum Gasteiger partial charge on any atom is 0.140 e. The lowest BCUT2D eigenvalue weighted by molar-refractivity contribution is -0.124. The van der Waals surface area contributed by atoms with E-state index in [9.17, 15) is 4.79 Å². The number of ketones is 1. The highest BCUT2D eigenvalue weighted by molar-refractivity contribution is 5.85. The van der Waals surface area contributed by atoms with E-state index < -0.39 is 0 Å². The average molecular weight is 160 g/mol. The number of Topliss-reactive ketones (excluding diaryl/α,β-unsaturated/α-hetero) is 1. The van der Waals surface area contributed by atoms with E-state index in [4.69, 9.17) is 0 Å². The molecule has 3 aliphatic carbocycles. The van der Waals surface area contributed by atoms with Crippen LogP contribution in [0.5, 0.6) is 0 Å². The van der Waals surface area contributed by atoms with Crippen molar-refractivity contribution in [2.45, 2.75) is 12.8 Å². The van der Waals surface area contributed by atoms with Gasteiger partial charge in [-0.15, -0.1) is 0 Å². The van der Waals surface area contributed by atoms with Crippen LogP contribution in [0, 0.1) is 23.7 Å². The lowest BCUT2D eigenvalue weighted by Gasteiger charge is -2.26. The Labute approximate surface area is 72.2 Å². The third-order valence-corrected chi connectivity index (χ3v) is 3.57. The van der Waals surface area contributed by atoms with Crippen molar-refractivity contribution in [1.29, 1.82) is 0 Å². The van der Waals surface area contributed by atoms with Crippen LogP contribution in [0.25, 0.3) is 0 Å². The molecule has 0 amide bonds. The zero-order chi connectivity index (χ0) is 8.13. The molecule has 0 radical (unpaired) electrons. The first-order chi connectivity index (χ1) is 5.86. The first-order valence-corrected chi connectivity index (χ1v) is 4.74. The van der Waals surface area contributed by atoms with Crippen molar-refractivity contribution in [2.24, 2.45) is 23.7 Å². The monoisotopic (exact) mass is 160 g/mol. The van der Waals surface area contributed by atoms with Crippen molar-refractivity contribution in [3.63, 3.8) is 0 Å². The summed E-state index contributed by atoms with van der Waals surface area (Å²) in [6, 6.07) is 0. The van der Waals surface area contributed by atoms with Gasteiger partial charge in [0.1, 0.15) is 5.78 Å². The largest absolute Gasteiger partial charge is 0.299 e. The summed E-state index contributed by atoms with van der Waals surface area (Å²) in [5, 5.41) is 0. The minimum Gasteiger partial charge on any atom is -0.299 e. The van der Waals surface area contributed by atoms with Gasteiger partial charge in [-0.3, -0.25) is 4.79 Å². The number of fused-ring (bicyclic) bond motifs is 5. The molecular weight excluding hydrogens is 148 g/mol. The van der Waals surface area contributed by atoms with Gasteiger partial charge in [0.25, 0.3) is 0 Å². The lowest BCUT2D eigenvalue weighted by Crippen LogP contribution is -2.28. The van der Waals surface area contributed by atoms with Crippen molar-refractivity contribution in [3.8, 4) is 0 Å². The van der Waals surface area contributed by atoms with Crippen LogP contribution in [-0.2, 0) is 4.79 Å². The second-order valence-electron chi connectivity index (χ2n) is 4.15. The molecule has 1 nitrogen and oxygen atoms in total. The summed E-state index contributed by atoms with van der Waals surface area (Å²) in [4.78, 5) is 11.6. The predicted octanol–water partition coefficient (Wildman–Crippen LogP) is 1.95. The molecule has 1 saturated carbocycles. The van der Waals surface area contributed by atoms with E-state index in [2.05, 4.69) is 24.3 Å². The Hall–Kier alpha value is -0.850. The highest BCUT2D eigenvalue weighted by Gasteiger charge is 2.47. The summed E-state index contributed by atoms with van der Waals surface area (Å²) < 4.78 is 0. The lowest BCUT2D eigenvalue weighted by atomic mass is 9.76. The average Bonchev–Trinajstić information content (AvgIpc) is 2.64. The van der Waals surface area contributed by atoms with Crippen LogP contribution < -0.4 is 0 Å². The normalized spacial score (nSPS) is 48.5. The van der Waals surface area contributed by atoms with E-state index in [0.29, 0.717) is 35.9 Å². The van der Waals surface area contributed by atoms with Crippen LogP contribution in [0.2, 0.25) is 0 Å². The summed E-state index contributed by atoms with van der Waals surface area (Å²) in [5.74, 6) is 2.64. The molecule has 4 unspecified atom stereocenters. The number of carbonyl (C=O) groups excluding carboxylic acids is 1. The van der Waals surface area contributed by atoms with E-state index in [1.165, 1.54) is 6.42 Å². The minimum atomic E-state index is 0.352. The quantitative estimate of drug-likeness (QED) is 0.495. The van der Waals surface area contributed by atoms with E-state index in [-0.39, 0.29) is 0 Å². The number of carbonyl (C=O) groups is 1. The third kappa shape index (κ3) is 0.669. The molecule has 0 saturated heterocycles. The third-order valence-electron chi connectivity index (χ3n) is 3.57. The summed E-state index contributed by atoms with van der Waals surface area (Å²) in [5.41, 5.74) is 0. The van der Waals surface area contributed by atoms with Crippen LogP contribution in [0.15, 0.2) is 24.3 Å². The minimum absolute atomic E-state index is 0.352. The molecule has 0 aromatic heterocycles. The molecule has 3 rings (SSSR count). The molecule has 2 bridgehead atoms. The molecule has 0 spiro atoms. The van der Waals surface area contributed by atoms with Gasteiger partial charge in [0, 0.05) is 12.3 Å². The Morgan fingerprint density at radius 3 is 2.83 bits per heavy atom. The van der Waals surface area contributed by atoms with Crippen molar-refractivity contribution >= 4 is 5.78 Å². The second kappa shape index (κ2) is 2.09. The maximum absolute atomic E-state index is 11.6. The topological polar surface area (TPSA) is 17.1 Å². The molecule has 0 aliphatic heterocycles. The molecule has 0 aromatic rings. The van der Waals surface area contributed by atoms with Gasteiger partial charge < -0.3 is 0 Å². The number of allylic oxidation sites excluding steroid dienone is 4. The fourth-order valence-corrected chi connectivity index (χ4v) is 3.05.